The van der Waals surface area contributed by atoms with Gasteiger partial charge in [0, 0.05) is 17.0 Å². The molecule has 1 aromatic carbocycles. The Morgan fingerprint density at radius 3 is 2.92 bits per heavy atom. The zero-order valence-corrected chi connectivity index (χ0v) is 15.2. The topological polar surface area (TPSA) is 54.9 Å². The van der Waals surface area contributed by atoms with Gasteiger partial charge in [-0.25, -0.2) is 4.98 Å². The van der Waals surface area contributed by atoms with E-state index in [-0.39, 0.29) is 5.91 Å². The fraction of sp³-hybridized carbons (Fsp3) is 0.118. The van der Waals surface area contributed by atoms with Crippen molar-refractivity contribution in [2.75, 3.05) is 5.32 Å². The predicted octanol–water partition coefficient (Wildman–Crippen LogP) is 5.04. The van der Waals surface area contributed by atoms with Crippen LogP contribution in [-0.2, 0) is 5.75 Å². The monoisotopic (exact) mass is 375 g/mol. The lowest BCUT2D eigenvalue weighted by Crippen LogP contribution is -2.12. The number of thioether (sulfide) groups is 1. The van der Waals surface area contributed by atoms with E-state index in [2.05, 4.69) is 15.3 Å². The van der Waals surface area contributed by atoms with Crippen LogP contribution in [0.25, 0.3) is 0 Å². The highest BCUT2D eigenvalue weighted by Gasteiger charge is 2.10. The Hall–Kier alpha value is -1.89. The number of hydrogen-bond donors (Lipinski definition) is 1. The minimum atomic E-state index is -0.261. The van der Waals surface area contributed by atoms with Gasteiger partial charge >= 0.3 is 0 Å². The number of carbonyl (C=O) groups is 1. The zero-order valence-electron chi connectivity index (χ0n) is 12.8. The second-order valence-corrected chi connectivity index (χ2v) is 7.75. The molecule has 3 aromatic rings. The van der Waals surface area contributed by atoms with Crippen molar-refractivity contribution in [1.29, 1.82) is 0 Å². The number of amides is 1. The molecule has 0 spiro atoms. The van der Waals surface area contributed by atoms with Gasteiger partial charge in [0.05, 0.1) is 10.4 Å². The summed E-state index contributed by atoms with van der Waals surface area (Å²) in [6, 6.07) is 11.3. The molecule has 0 aliphatic heterocycles. The van der Waals surface area contributed by atoms with Gasteiger partial charge in [-0.15, -0.1) is 11.8 Å². The van der Waals surface area contributed by atoms with E-state index >= 15 is 0 Å². The molecule has 2 aromatic heterocycles. The largest absolute Gasteiger partial charge is 0.296 e. The van der Waals surface area contributed by atoms with Gasteiger partial charge < -0.3 is 0 Å². The number of aromatic nitrogens is 2. The molecule has 0 saturated carbocycles. The maximum atomic E-state index is 12.0. The molecule has 0 aliphatic rings. The van der Waals surface area contributed by atoms with Crippen LogP contribution < -0.4 is 5.32 Å². The van der Waals surface area contributed by atoms with Gasteiger partial charge in [0.25, 0.3) is 5.91 Å². The van der Waals surface area contributed by atoms with Gasteiger partial charge in [0.1, 0.15) is 5.69 Å². The molecule has 2 heterocycles. The number of carbonyl (C=O) groups excluding carboxylic acids is 1. The second-order valence-electron chi connectivity index (χ2n) is 5.04. The van der Waals surface area contributed by atoms with Crippen molar-refractivity contribution in [1.82, 2.24) is 9.97 Å². The number of rotatable bonds is 5. The van der Waals surface area contributed by atoms with Crippen molar-refractivity contribution >= 4 is 45.7 Å². The van der Waals surface area contributed by atoms with Crippen molar-refractivity contribution in [3.05, 3.63) is 70.6 Å². The fourth-order valence-electron chi connectivity index (χ4n) is 1.96. The van der Waals surface area contributed by atoms with Crippen LogP contribution in [0.4, 0.5) is 5.13 Å². The lowest BCUT2D eigenvalue weighted by molar-refractivity contribution is 0.102. The first-order valence-electron chi connectivity index (χ1n) is 7.18. The lowest BCUT2D eigenvalue weighted by Gasteiger charge is -2.03. The molecule has 0 atom stereocenters. The average Bonchev–Trinajstić information content (AvgIpc) is 3.02. The number of halogens is 1. The molecule has 0 radical (unpaired) electrons. The summed E-state index contributed by atoms with van der Waals surface area (Å²) in [5.41, 5.74) is 2.60. The summed E-state index contributed by atoms with van der Waals surface area (Å²) in [4.78, 5) is 20.3. The molecule has 1 N–H and O–H groups in total. The summed E-state index contributed by atoms with van der Waals surface area (Å²) in [5, 5.41) is 4.09. The van der Waals surface area contributed by atoms with E-state index in [0.29, 0.717) is 10.8 Å². The van der Waals surface area contributed by atoms with Crippen LogP contribution in [0.15, 0.2) is 53.0 Å². The van der Waals surface area contributed by atoms with Crippen LogP contribution in [0.1, 0.15) is 21.6 Å². The summed E-state index contributed by atoms with van der Waals surface area (Å²) in [6.45, 7) is 2.02. The van der Waals surface area contributed by atoms with E-state index in [1.165, 1.54) is 11.3 Å². The van der Waals surface area contributed by atoms with Crippen molar-refractivity contribution in [2.45, 2.75) is 16.9 Å². The second kappa shape index (κ2) is 7.79. The van der Waals surface area contributed by atoms with Gasteiger partial charge in [-0.3, -0.25) is 15.1 Å². The molecule has 1 amide bonds. The third kappa shape index (κ3) is 4.35. The standard InChI is InChI=1S/C17H14ClN3OS2/c1-11-5-6-12(13(18)8-11)10-23-15-9-20-17(24-15)21-16(22)14-4-2-3-7-19-14/h2-9H,10H2,1H3,(H,20,21,22). The third-order valence-electron chi connectivity index (χ3n) is 3.18. The number of nitrogens with zero attached hydrogens (tertiary/aromatic N) is 2. The summed E-state index contributed by atoms with van der Waals surface area (Å²) in [5.74, 6) is 0.498. The molecule has 122 valence electrons. The number of pyridine rings is 1. The van der Waals surface area contributed by atoms with Crippen LogP contribution in [0, 0.1) is 6.92 Å². The Bertz CT molecular complexity index is 852. The molecule has 7 heteroatoms. The minimum absolute atomic E-state index is 0.261. The lowest BCUT2D eigenvalue weighted by atomic mass is 10.2. The first-order valence-corrected chi connectivity index (χ1v) is 9.36. The highest BCUT2D eigenvalue weighted by molar-refractivity contribution is 8.00. The van der Waals surface area contributed by atoms with Crippen molar-refractivity contribution in [3.8, 4) is 0 Å². The Balaban J connectivity index is 1.60. The number of hydrogen-bond acceptors (Lipinski definition) is 5. The van der Waals surface area contributed by atoms with E-state index in [1.807, 2.05) is 25.1 Å². The van der Waals surface area contributed by atoms with E-state index < -0.39 is 0 Å². The molecule has 24 heavy (non-hydrogen) atoms. The molecule has 0 bridgehead atoms. The van der Waals surface area contributed by atoms with Crippen molar-refractivity contribution in [2.24, 2.45) is 0 Å². The number of nitrogens with one attached hydrogen (secondary N) is 1. The molecule has 4 nitrogen and oxygen atoms in total. The van der Waals surface area contributed by atoms with E-state index in [1.54, 1.807) is 42.4 Å². The molecule has 0 saturated heterocycles. The number of aryl methyl sites for hydroxylation is 1. The van der Waals surface area contributed by atoms with Crippen LogP contribution in [-0.4, -0.2) is 15.9 Å². The van der Waals surface area contributed by atoms with Gasteiger partial charge in [-0.05, 0) is 36.2 Å². The Labute approximate surface area is 153 Å². The molecular formula is C17H14ClN3OS2. The van der Waals surface area contributed by atoms with Crippen LogP contribution >= 0.6 is 34.7 Å². The third-order valence-corrected chi connectivity index (χ3v) is 5.69. The summed E-state index contributed by atoms with van der Waals surface area (Å²) >= 11 is 9.32. The molecule has 3 rings (SSSR count). The number of thiazole rings is 1. The van der Waals surface area contributed by atoms with Crippen LogP contribution in [0.3, 0.4) is 0 Å². The highest BCUT2D eigenvalue weighted by Crippen LogP contribution is 2.32. The van der Waals surface area contributed by atoms with E-state index in [0.717, 1.165) is 26.1 Å². The molecule has 0 fully saturated rings. The van der Waals surface area contributed by atoms with Gasteiger partial charge in [-0.2, -0.15) is 0 Å². The smallest absolute Gasteiger partial charge is 0.276 e. The first kappa shape index (κ1) is 17.0. The summed E-state index contributed by atoms with van der Waals surface area (Å²) in [7, 11) is 0. The summed E-state index contributed by atoms with van der Waals surface area (Å²) in [6.07, 6.45) is 3.34. The van der Waals surface area contributed by atoms with E-state index in [4.69, 9.17) is 11.6 Å². The van der Waals surface area contributed by atoms with Gasteiger partial charge in [0.15, 0.2) is 5.13 Å². The number of anilines is 1. The maximum absolute atomic E-state index is 12.0. The van der Waals surface area contributed by atoms with Crippen LogP contribution in [0.2, 0.25) is 5.02 Å². The summed E-state index contributed by atoms with van der Waals surface area (Å²) < 4.78 is 1.02. The Morgan fingerprint density at radius 1 is 1.29 bits per heavy atom. The van der Waals surface area contributed by atoms with Crippen molar-refractivity contribution < 1.29 is 4.79 Å². The minimum Gasteiger partial charge on any atom is -0.296 e. The maximum Gasteiger partial charge on any atom is 0.276 e. The normalized spacial score (nSPS) is 10.6. The SMILES string of the molecule is Cc1ccc(CSc2cnc(NC(=O)c3ccccn3)s2)c(Cl)c1. The quantitative estimate of drug-likeness (QED) is 0.634. The van der Waals surface area contributed by atoms with E-state index in [9.17, 15) is 4.79 Å². The number of benzene rings is 1. The molecular weight excluding hydrogens is 362 g/mol. The fourth-order valence-corrected chi connectivity index (χ4v) is 4.21. The molecule has 0 unspecified atom stereocenters. The van der Waals surface area contributed by atoms with Gasteiger partial charge in [0.2, 0.25) is 0 Å². The predicted molar refractivity (Wildman–Crippen MR) is 100 cm³/mol. The van der Waals surface area contributed by atoms with Crippen molar-refractivity contribution in [3.63, 3.8) is 0 Å². The van der Waals surface area contributed by atoms with Gasteiger partial charge in [-0.1, -0.05) is 41.1 Å². The van der Waals surface area contributed by atoms with Crippen LogP contribution in [0.5, 0.6) is 0 Å². The molecule has 0 aliphatic carbocycles. The average molecular weight is 376 g/mol. The highest BCUT2D eigenvalue weighted by atomic mass is 35.5. The Kier molecular flexibility index (Phi) is 5.50. The Morgan fingerprint density at radius 2 is 2.17 bits per heavy atom. The zero-order chi connectivity index (χ0) is 16.9. The first-order chi connectivity index (χ1) is 11.6.